The van der Waals surface area contributed by atoms with Crippen LogP contribution in [0.3, 0.4) is 0 Å². The highest BCUT2D eigenvalue weighted by Crippen LogP contribution is 2.23. The average Bonchev–Trinajstić information content (AvgIpc) is 2.95. The van der Waals surface area contributed by atoms with Crippen molar-refractivity contribution in [1.29, 1.82) is 0 Å². The summed E-state index contributed by atoms with van der Waals surface area (Å²) >= 11 is 0. The Bertz CT molecular complexity index is 934. The van der Waals surface area contributed by atoms with Gasteiger partial charge in [0, 0.05) is 11.9 Å². The van der Waals surface area contributed by atoms with Crippen molar-refractivity contribution in [2.45, 2.75) is 47.1 Å². The highest BCUT2D eigenvalue weighted by atomic mass is 16.1. The summed E-state index contributed by atoms with van der Waals surface area (Å²) < 4.78 is 3.26. The second kappa shape index (κ2) is 5.65. The van der Waals surface area contributed by atoms with Crippen LogP contribution in [-0.2, 0) is 6.54 Å². The lowest BCUT2D eigenvalue weighted by atomic mass is 10.1. The van der Waals surface area contributed by atoms with E-state index in [4.69, 9.17) is 0 Å². The molecule has 1 aromatic carbocycles. The first-order valence-corrected chi connectivity index (χ1v) is 8.00. The molecule has 120 valence electrons. The number of aromatic nitrogens is 4. The summed E-state index contributed by atoms with van der Waals surface area (Å²) in [6.45, 7) is 10.8. The van der Waals surface area contributed by atoms with Crippen LogP contribution in [0.4, 0.5) is 0 Å². The van der Waals surface area contributed by atoms with E-state index in [0.29, 0.717) is 12.1 Å². The maximum atomic E-state index is 12.8. The molecule has 0 N–H and O–H groups in total. The van der Waals surface area contributed by atoms with E-state index < -0.39 is 0 Å². The summed E-state index contributed by atoms with van der Waals surface area (Å²) in [7, 11) is 0. The molecule has 0 saturated heterocycles. The summed E-state index contributed by atoms with van der Waals surface area (Å²) in [6.07, 6.45) is 1.76. The van der Waals surface area contributed by atoms with E-state index in [9.17, 15) is 4.79 Å². The van der Waals surface area contributed by atoms with E-state index in [1.165, 1.54) is 15.8 Å². The number of hydrogen-bond donors (Lipinski definition) is 0. The Labute approximate surface area is 135 Å². The molecule has 2 aromatic heterocycles. The zero-order valence-corrected chi connectivity index (χ0v) is 14.3. The van der Waals surface area contributed by atoms with Gasteiger partial charge in [-0.2, -0.15) is 10.2 Å². The molecular formula is C18H22N4O. The Balaban J connectivity index is 2.37. The first-order valence-electron chi connectivity index (χ1n) is 8.00. The van der Waals surface area contributed by atoms with Crippen molar-refractivity contribution in [2.24, 2.45) is 0 Å². The number of nitrogens with zero attached hydrogens (tertiary/aromatic N) is 4. The highest BCUT2D eigenvalue weighted by molar-refractivity contribution is 5.82. The number of fused-ring (bicyclic) bond motifs is 1. The predicted molar refractivity (Wildman–Crippen MR) is 92.4 cm³/mol. The topological polar surface area (TPSA) is 52.7 Å². The van der Waals surface area contributed by atoms with Crippen LogP contribution in [0.2, 0.25) is 0 Å². The molecule has 0 unspecified atom stereocenters. The van der Waals surface area contributed by atoms with Gasteiger partial charge in [0.05, 0.1) is 17.6 Å². The van der Waals surface area contributed by atoms with E-state index in [1.807, 2.05) is 13.0 Å². The lowest BCUT2D eigenvalue weighted by molar-refractivity contribution is 0.593. The zero-order valence-electron chi connectivity index (χ0n) is 14.3. The first-order chi connectivity index (χ1) is 10.9. The number of aryl methyl sites for hydroxylation is 3. The van der Waals surface area contributed by atoms with Crippen LogP contribution in [0, 0.1) is 13.8 Å². The second-order valence-corrected chi connectivity index (χ2v) is 6.25. The Morgan fingerprint density at radius 1 is 1.17 bits per heavy atom. The molecule has 3 aromatic rings. The minimum atomic E-state index is -0.0948. The molecule has 0 aliphatic carbocycles. The van der Waals surface area contributed by atoms with Gasteiger partial charge in [0.15, 0.2) is 0 Å². The molecule has 0 bridgehead atoms. The third-order valence-electron chi connectivity index (χ3n) is 4.29. The van der Waals surface area contributed by atoms with Crippen molar-refractivity contribution < 1.29 is 0 Å². The SMILES string of the molecule is CCn1nc(C(C)C)c2cnn(-c3ccc(C)c(C)c3)c2c1=O. The van der Waals surface area contributed by atoms with Gasteiger partial charge in [-0.15, -0.1) is 0 Å². The minimum Gasteiger partial charge on any atom is -0.265 e. The number of hydrogen-bond acceptors (Lipinski definition) is 3. The average molecular weight is 310 g/mol. The Kier molecular flexibility index (Phi) is 3.80. The zero-order chi connectivity index (χ0) is 16.7. The molecule has 0 fully saturated rings. The van der Waals surface area contributed by atoms with E-state index >= 15 is 0 Å². The Morgan fingerprint density at radius 3 is 2.52 bits per heavy atom. The molecule has 0 amide bonds. The van der Waals surface area contributed by atoms with Gasteiger partial charge in [0.2, 0.25) is 0 Å². The normalized spacial score (nSPS) is 11.6. The van der Waals surface area contributed by atoms with Gasteiger partial charge in [-0.3, -0.25) is 4.79 Å². The smallest absolute Gasteiger partial charge is 0.265 e. The summed E-state index contributed by atoms with van der Waals surface area (Å²) in [4.78, 5) is 12.8. The maximum Gasteiger partial charge on any atom is 0.293 e. The van der Waals surface area contributed by atoms with Crippen LogP contribution >= 0.6 is 0 Å². The van der Waals surface area contributed by atoms with Crippen LogP contribution in [-0.4, -0.2) is 19.6 Å². The largest absolute Gasteiger partial charge is 0.293 e. The first kappa shape index (κ1) is 15.5. The molecule has 5 heteroatoms. The van der Waals surface area contributed by atoms with Crippen LogP contribution in [0.25, 0.3) is 16.6 Å². The molecule has 2 heterocycles. The molecule has 0 aliphatic rings. The van der Waals surface area contributed by atoms with E-state index in [-0.39, 0.29) is 11.5 Å². The highest BCUT2D eigenvalue weighted by Gasteiger charge is 2.18. The van der Waals surface area contributed by atoms with Crippen LogP contribution in [0.5, 0.6) is 0 Å². The fourth-order valence-corrected chi connectivity index (χ4v) is 2.79. The van der Waals surface area contributed by atoms with Gasteiger partial charge >= 0.3 is 0 Å². The molecule has 0 spiro atoms. The predicted octanol–water partition coefficient (Wildman–Crippen LogP) is 3.34. The molecule has 0 radical (unpaired) electrons. The van der Waals surface area contributed by atoms with Crippen LogP contribution < -0.4 is 5.56 Å². The lowest BCUT2D eigenvalue weighted by Gasteiger charge is -2.11. The van der Waals surface area contributed by atoms with E-state index in [0.717, 1.165) is 16.8 Å². The van der Waals surface area contributed by atoms with Crippen molar-refractivity contribution in [3.63, 3.8) is 0 Å². The number of benzene rings is 1. The molecular weight excluding hydrogens is 288 g/mol. The van der Waals surface area contributed by atoms with Crippen LogP contribution in [0.15, 0.2) is 29.2 Å². The summed E-state index contributed by atoms with van der Waals surface area (Å²) in [5.41, 5.74) is 4.73. The minimum absolute atomic E-state index is 0.0948. The monoisotopic (exact) mass is 310 g/mol. The third kappa shape index (κ3) is 2.46. The second-order valence-electron chi connectivity index (χ2n) is 6.25. The summed E-state index contributed by atoms with van der Waals surface area (Å²) in [5.74, 6) is 0.230. The van der Waals surface area contributed by atoms with Gasteiger partial charge in [-0.1, -0.05) is 19.9 Å². The van der Waals surface area contributed by atoms with E-state index in [2.05, 4.69) is 50.0 Å². The molecule has 0 saturated carbocycles. The van der Waals surface area contributed by atoms with Crippen molar-refractivity contribution in [1.82, 2.24) is 19.6 Å². The van der Waals surface area contributed by atoms with Gasteiger partial charge < -0.3 is 0 Å². The summed E-state index contributed by atoms with van der Waals surface area (Å²) in [5, 5.41) is 9.83. The molecule has 0 atom stereocenters. The summed E-state index contributed by atoms with van der Waals surface area (Å²) in [6, 6.07) is 6.12. The van der Waals surface area contributed by atoms with Gasteiger partial charge in [-0.05, 0) is 49.9 Å². The number of rotatable bonds is 3. The molecule has 0 aliphatic heterocycles. The third-order valence-corrected chi connectivity index (χ3v) is 4.29. The van der Waals surface area contributed by atoms with Gasteiger partial charge in [-0.25, -0.2) is 9.36 Å². The van der Waals surface area contributed by atoms with Crippen molar-refractivity contribution in [3.8, 4) is 5.69 Å². The Morgan fingerprint density at radius 2 is 1.91 bits per heavy atom. The van der Waals surface area contributed by atoms with Crippen LogP contribution in [0.1, 0.15) is 43.5 Å². The molecule has 3 rings (SSSR count). The fourth-order valence-electron chi connectivity index (χ4n) is 2.79. The van der Waals surface area contributed by atoms with Gasteiger partial charge in [0.25, 0.3) is 5.56 Å². The van der Waals surface area contributed by atoms with Crippen molar-refractivity contribution in [3.05, 3.63) is 51.6 Å². The van der Waals surface area contributed by atoms with E-state index in [1.54, 1.807) is 10.9 Å². The molecule has 5 nitrogen and oxygen atoms in total. The Hall–Kier alpha value is -2.43. The van der Waals surface area contributed by atoms with Crippen molar-refractivity contribution in [2.75, 3.05) is 0 Å². The van der Waals surface area contributed by atoms with Crippen molar-refractivity contribution >= 4 is 10.9 Å². The van der Waals surface area contributed by atoms with Gasteiger partial charge in [0.1, 0.15) is 5.52 Å². The fraction of sp³-hybridized carbons (Fsp3) is 0.389. The standard InChI is InChI=1S/C18H22N4O/c1-6-21-18(23)17-15(16(20-21)11(2)3)10-19-22(17)14-8-7-12(4)13(5)9-14/h7-11H,6H2,1-5H3. The lowest BCUT2D eigenvalue weighted by Crippen LogP contribution is -2.25. The quantitative estimate of drug-likeness (QED) is 0.745. The maximum absolute atomic E-state index is 12.8. The molecule has 23 heavy (non-hydrogen) atoms.